The summed E-state index contributed by atoms with van der Waals surface area (Å²) in [4.78, 5) is 0. The van der Waals surface area contributed by atoms with Crippen molar-refractivity contribution in [3.05, 3.63) is 12.2 Å². The van der Waals surface area contributed by atoms with Gasteiger partial charge >= 0.3 is 0 Å². The molecule has 0 unspecified atom stereocenters. The van der Waals surface area contributed by atoms with E-state index in [9.17, 15) is 0 Å². The Hall–Kier alpha value is -0.300. The van der Waals surface area contributed by atoms with Crippen LogP contribution in [0.1, 0.15) is 174 Å². The van der Waals surface area contributed by atoms with Gasteiger partial charge in [-0.3, -0.25) is 0 Å². The molecule has 31 heavy (non-hydrogen) atoms. The van der Waals surface area contributed by atoms with Gasteiger partial charge in [-0.1, -0.05) is 154 Å². The Balaban J connectivity index is 3.04. The highest BCUT2D eigenvalue weighted by Gasteiger charge is 1.95. The van der Waals surface area contributed by atoms with Crippen molar-refractivity contribution in [2.24, 2.45) is 0 Å². The summed E-state index contributed by atoms with van der Waals surface area (Å²) >= 11 is 0. The maximum Gasteiger partial charge on any atom is 0.0431 e. The van der Waals surface area contributed by atoms with Gasteiger partial charge in [-0.25, -0.2) is 0 Å². The molecule has 1 N–H and O–H groups in total. The summed E-state index contributed by atoms with van der Waals surface area (Å²) in [7, 11) is 0. The van der Waals surface area contributed by atoms with E-state index in [4.69, 9.17) is 5.11 Å². The van der Waals surface area contributed by atoms with E-state index in [1.807, 2.05) is 0 Å². The van der Waals surface area contributed by atoms with Crippen LogP contribution in [-0.4, -0.2) is 11.7 Å². The van der Waals surface area contributed by atoms with Crippen LogP contribution < -0.4 is 0 Å². The lowest BCUT2D eigenvalue weighted by atomic mass is 10.0. The molecule has 0 spiro atoms. The molecule has 0 amide bonds. The van der Waals surface area contributed by atoms with Crippen LogP contribution in [0.15, 0.2) is 12.2 Å². The number of rotatable bonds is 27. The fourth-order valence-electron chi connectivity index (χ4n) is 4.48. The van der Waals surface area contributed by atoms with Gasteiger partial charge in [0.2, 0.25) is 0 Å². The Labute approximate surface area is 197 Å². The van der Waals surface area contributed by atoms with E-state index in [1.54, 1.807) is 0 Å². The molecule has 186 valence electrons. The second-order valence-corrected chi connectivity index (χ2v) is 9.90. The monoisotopic (exact) mass is 436 g/mol. The van der Waals surface area contributed by atoms with Crippen molar-refractivity contribution in [1.29, 1.82) is 0 Å². The SMILES string of the molecule is CCCCCCCCCC=CCCCCCCCCCCCCCCCCCCCO. The zero-order valence-corrected chi connectivity index (χ0v) is 21.7. The van der Waals surface area contributed by atoms with Crippen LogP contribution in [0.2, 0.25) is 0 Å². The summed E-state index contributed by atoms with van der Waals surface area (Å²) in [5.41, 5.74) is 0. The van der Waals surface area contributed by atoms with Gasteiger partial charge in [0, 0.05) is 6.61 Å². The molecule has 0 saturated heterocycles. The standard InChI is InChI=1S/C30H60O/c1-2-3-4-5-6-7-8-9-10-11-12-13-14-15-16-17-18-19-20-21-22-23-24-25-26-27-28-29-30-31/h10-11,31H,2-9,12-30H2,1H3. The van der Waals surface area contributed by atoms with Crippen molar-refractivity contribution < 1.29 is 5.11 Å². The van der Waals surface area contributed by atoms with Gasteiger partial charge in [0.15, 0.2) is 0 Å². The Morgan fingerprint density at radius 3 is 0.903 bits per heavy atom. The fourth-order valence-corrected chi connectivity index (χ4v) is 4.48. The number of hydrogen-bond acceptors (Lipinski definition) is 1. The average Bonchev–Trinajstić information content (AvgIpc) is 2.78. The molecule has 0 aliphatic heterocycles. The smallest absolute Gasteiger partial charge is 0.0431 e. The predicted molar refractivity (Wildman–Crippen MR) is 142 cm³/mol. The topological polar surface area (TPSA) is 20.2 Å². The molecule has 0 aromatic rings. The first-order valence-electron chi connectivity index (χ1n) is 14.7. The minimum absolute atomic E-state index is 0.372. The van der Waals surface area contributed by atoms with Gasteiger partial charge in [-0.2, -0.15) is 0 Å². The highest BCUT2D eigenvalue weighted by molar-refractivity contribution is 4.81. The molecule has 1 nitrogen and oxygen atoms in total. The summed E-state index contributed by atoms with van der Waals surface area (Å²) in [6.45, 7) is 2.66. The maximum atomic E-state index is 8.76. The van der Waals surface area contributed by atoms with Crippen LogP contribution in [0.5, 0.6) is 0 Å². The van der Waals surface area contributed by atoms with E-state index in [1.165, 1.54) is 161 Å². The molecule has 0 atom stereocenters. The van der Waals surface area contributed by atoms with Gasteiger partial charge in [0.25, 0.3) is 0 Å². The lowest BCUT2D eigenvalue weighted by molar-refractivity contribution is 0.282. The summed E-state index contributed by atoms with van der Waals surface area (Å²) < 4.78 is 0. The van der Waals surface area contributed by atoms with Crippen molar-refractivity contribution in [3.63, 3.8) is 0 Å². The summed E-state index contributed by atoms with van der Waals surface area (Å²) in [5, 5.41) is 8.76. The normalized spacial score (nSPS) is 11.7. The zero-order chi connectivity index (χ0) is 22.5. The number of aliphatic hydroxyl groups excluding tert-OH is 1. The number of allylic oxidation sites excluding steroid dienone is 2. The number of unbranched alkanes of at least 4 members (excludes halogenated alkanes) is 24. The van der Waals surface area contributed by atoms with E-state index in [2.05, 4.69) is 19.1 Å². The Kier molecular flexibility index (Phi) is 29.4. The Morgan fingerprint density at radius 1 is 0.355 bits per heavy atom. The molecule has 0 bridgehead atoms. The zero-order valence-electron chi connectivity index (χ0n) is 21.7. The molecule has 0 aromatic carbocycles. The lowest BCUT2D eigenvalue weighted by Crippen LogP contribution is -1.85. The molecule has 0 fully saturated rings. The van der Waals surface area contributed by atoms with Crippen LogP contribution in [0.4, 0.5) is 0 Å². The molecule has 0 aliphatic carbocycles. The first-order valence-corrected chi connectivity index (χ1v) is 14.7. The summed E-state index contributed by atoms with van der Waals surface area (Å²) in [6, 6.07) is 0. The number of aliphatic hydroxyl groups is 1. The molecular formula is C30H60O. The highest BCUT2D eigenvalue weighted by atomic mass is 16.2. The van der Waals surface area contributed by atoms with E-state index in [0.29, 0.717) is 6.61 Å². The molecule has 0 saturated carbocycles. The van der Waals surface area contributed by atoms with Crippen molar-refractivity contribution in [3.8, 4) is 0 Å². The molecule has 0 aromatic heterocycles. The minimum atomic E-state index is 0.372. The quantitative estimate of drug-likeness (QED) is 0.100. The fraction of sp³-hybridized carbons (Fsp3) is 0.933. The van der Waals surface area contributed by atoms with Crippen molar-refractivity contribution in [1.82, 2.24) is 0 Å². The van der Waals surface area contributed by atoms with Gasteiger partial charge in [0.05, 0.1) is 0 Å². The van der Waals surface area contributed by atoms with Gasteiger partial charge in [0.1, 0.15) is 0 Å². The predicted octanol–water partition coefficient (Wildman–Crippen LogP) is 10.7. The van der Waals surface area contributed by atoms with Gasteiger partial charge in [-0.15, -0.1) is 0 Å². The largest absolute Gasteiger partial charge is 0.396 e. The van der Waals surface area contributed by atoms with Crippen molar-refractivity contribution >= 4 is 0 Å². The molecule has 0 aliphatic rings. The van der Waals surface area contributed by atoms with Gasteiger partial charge < -0.3 is 5.11 Å². The number of hydrogen-bond donors (Lipinski definition) is 1. The van der Waals surface area contributed by atoms with Crippen LogP contribution in [0, 0.1) is 0 Å². The molecule has 0 heterocycles. The highest BCUT2D eigenvalue weighted by Crippen LogP contribution is 2.14. The first kappa shape index (κ1) is 30.7. The third-order valence-corrected chi connectivity index (χ3v) is 6.67. The summed E-state index contributed by atoms with van der Waals surface area (Å²) in [6.07, 6.45) is 41.1. The van der Waals surface area contributed by atoms with Crippen LogP contribution in [0.3, 0.4) is 0 Å². The Bertz CT molecular complexity index is 322. The maximum absolute atomic E-state index is 8.76. The van der Waals surface area contributed by atoms with E-state index >= 15 is 0 Å². The minimum Gasteiger partial charge on any atom is -0.396 e. The van der Waals surface area contributed by atoms with E-state index in [0.717, 1.165) is 6.42 Å². The third kappa shape index (κ3) is 29.7. The average molecular weight is 437 g/mol. The third-order valence-electron chi connectivity index (χ3n) is 6.67. The second kappa shape index (κ2) is 29.7. The van der Waals surface area contributed by atoms with Crippen LogP contribution in [-0.2, 0) is 0 Å². The molecule has 0 rings (SSSR count). The Morgan fingerprint density at radius 2 is 0.613 bits per heavy atom. The van der Waals surface area contributed by atoms with Crippen LogP contribution >= 0.6 is 0 Å². The molecular weight excluding hydrogens is 376 g/mol. The second-order valence-electron chi connectivity index (χ2n) is 9.90. The summed E-state index contributed by atoms with van der Waals surface area (Å²) in [5.74, 6) is 0. The molecule has 1 heteroatoms. The molecule has 0 radical (unpaired) electrons. The van der Waals surface area contributed by atoms with Crippen LogP contribution in [0.25, 0.3) is 0 Å². The van der Waals surface area contributed by atoms with E-state index < -0.39 is 0 Å². The van der Waals surface area contributed by atoms with Crippen molar-refractivity contribution in [2.45, 2.75) is 174 Å². The lowest BCUT2D eigenvalue weighted by Gasteiger charge is -2.03. The van der Waals surface area contributed by atoms with E-state index in [-0.39, 0.29) is 0 Å². The van der Waals surface area contributed by atoms with Gasteiger partial charge in [-0.05, 0) is 32.1 Å². The van der Waals surface area contributed by atoms with Crippen molar-refractivity contribution in [2.75, 3.05) is 6.61 Å². The first-order chi connectivity index (χ1) is 15.4.